The minimum atomic E-state index is -0.417. The Labute approximate surface area is 223 Å². The van der Waals surface area contributed by atoms with Crippen LogP contribution in [0.4, 0.5) is 5.69 Å². The maximum absolute atomic E-state index is 13.0. The van der Waals surface area contributed by atoms with E-state index in [0.29, 0.717) is 46.3 Å². The molecule has 4 aromatic rings. The summed E-state index contributed by atoms with van der Waals surface area (Å²) in [4.78, 5) is 33.6. The second kappa shape index (κ2) is 11.2. The minimum Gasteiger partial charge on any atom is -0.346 e. The highest BCUT2D eigenvalue weighted by Crippen LogP contribution is 2.29. The first-order chi connectivity index (χ1) is 18.5. The molecule has 192 valence electrons. The van der Waals surface area contributed by atoms with Crippen molar-refractivity contribution in [2.24, 2.45) is 5.92 Å². The number of allylic oxidation sites excluding steroid dienone is 1. The van der Waals surface area contributed by atoms with Crippen LogP contribution in [0.2, 0.25) is 5.02 Å². The zero-order valence-electron chi connectivity index (χ0n) is 20.5. The van der Waals surface area contributed by atoms with Gasteiger partial charge in [0.2, 0.25) is 11.8 Å². The van der Waals surface area contributed by atoms with Crippen molar-refractivity contribution in [3.63, 3.8) is 0 Å². The predicted octanol–water partition coefficient (Wildman–Crippen LogP) is 4.50. The number of H-pyrrole nitrogens is 1. The number of nitrogens with one attached hydrogen (secondary N) is 3. The molecule has 0 saturated heterocycles. The summed E-state index contributed by atoms with van der Waals surface area (Å²) in [5.41, 5.74) is 3.52. The Morgan fingerprint density at radius 2 is 2.11 bits per heavy atom. The van der Waals surface area contributed by atoms with Crippen LogP contribution < -0.4 is 10.6 Å². The van der Waals surface area contributed by atoms with Gasteiger partial charge in [0, 0.05) is 34.8 Å². The van der Waals surface area contributed by atoms with Crippen molar-refractivity contribution < 1.29 is 9.59 Å². The number of hydrogen-bond acceptors (Lipinski definition) is 6. The quantitative estimate of drug-likeness (QED) is 0.264. The highest BCUT2D eigenvalue weighted by atomic mass is 35.5. The molecule has 0 spiro atoms. The molecule has 2 unspecified atom stereocenters. The maximum Gasteiger partial charge on any atom is 0.244 e. The zero-order chi connectivity index (χ0) is 26.5. The van der Waals surface area contributed by atoms with Gasteiger partial charge in [-0.1, -0.05) is 48.9 Å². The summed E-state index contributed by atoms with van der Waals surface area (Å²) >= 11 is 6.19. The van der Waals surface area contributed by atoms with E-state index in [2.05, 4.69) is 31.1 Å². The largest absolute Gasteiger partial charge is 0.346 e. The molecule has 38 heavy (non-hydrogen) atoms. The normalized spacial score (nSPS) is 18.5. The standard InChI is InChI=1S/C27H25ClN8O2/c1-17-5-4-8-22(27-29-15-23(33-27)20-6-2-3-7-21(20)31-26(38)13-17)32-25(37)12-9-18-14-19(28)10-11-24(18)36-16-30-34-35-36/h2-7,9-12,14-17,22H,8,13H2,1H3,(H,29,33)(H,31,38)(H,32,37)/b5-4+,12-9+. The van der Waals surface area contributed by atoms with Crippen LogP contribution in [0.3, 0.4) is 0 Å². The highest BCUT2D eigenvalue weighted by molar-refractivity contribution is 6.30. The zero-order valence-corrected chi connectivity index (χ0v) is 21.3. The van der Waals surface area contributed by atoms with Crippen LogP contribution in [0.1, 0.15) is 37.2 Å². The highest BCUT2D eigenvalue weighted by Gasteiger charge is 2.19. The van der Waals surface area contributed by atoms with Gasteiger partial charge in [0.05, 0.1) is 23.1 Å². The first-order valence-corrected chi connectivity index (χ1v) is 12.5. The lowest BCUT2D eigenvalue weighted by molar-refractivity contribution is -0.117. The van der Waals surface area contributed by atoms with E-state index in [-0.39, 0.29) is 17.7 Å². The number of nitrogens with zero attached hydrogens (tertiary/aromatic N) is 5. The number of benzene rings is 2. The summed E-state index contributed by atoms with van der Waals surface area (Å²) < 4.78 is 1.50. The molecule has 2 bridgehead atoms. The number of rotatable bonds is 4. The molecule has 3 heterocycles. The molecule has 0 radical (unpaired) electrons. The van der Waals surface area contributed by atoms with E-state index in [9.17, 15) is 9.59 Å². The smallest absolute Gasteiger partial charge is 0.244 e. The number of aromatic nitrogens is 6. The van der Waals surface area contributed by atoms with Crippen molar-refractivity contribution in [2.45, 2.75) is 25.8 Å². The fourth-order valence-corrected chi connectivity index (χ4v) is 4.42. The Morgan fingerprint density at radius 1 is 1.24 bits per heavy atom. The molecule has 3 N–H and O–H groups in total. The van der Waals surface area contributed by atoms with Gasteiger partial charge in [-0.3, -0.25) is 9.59 Å². The van der Waals surface area contributed by atoms with Crippen LogP contribution >= 0.6 is 11.6 Å². The van der Waals surface area contributed by atoms with E-state index in [1.807, 2.05) is 43.3 Å². The third-order valence-corrected chi connectivity index (χ3v) is 6.30. The molecule has 0 saturated carbocycles. The Kier molecular flexibility index (Phi) is 7.41. The number of aromatic amines is 1. The van der Waals surface area contributed by atoms with Crippen molar-refractivity contribution in [3.8, 4) is 16.9 Å². The molecule has 0 fully saturated rings. The third-order valence-electron chi connectivity index (χ3n) is 6.06. The second-order valence-corrected chi connectivity index (χ2v) is 9.40. The van der Waals surface area contributed by atoms with Gasteiger partial charge >= 0.3 is 0 Å². The number of hydrogen-bond donors (Lipinski definition) is 3. The summed E-state index contributed by atoms with van der Waals surface area (Å²) in [5, 5.41) is 17.8. The van der Waals surface area contributed by atoms with E-state index in [4.69, 9.17) is 16.6 Å². The first-order valence-electron chi connectivity index (χ1n) is 12.1. The number of tetrazole rings is 1. The number of anilines is 1. The van der Waals surface area contributed by atoms with Gasteiger partial charge in [-0.15, -0.1) is 5.10 Å². The van der Waals surface area contributed by atoms with Gasteiger partial charge in [-0.25, -0.2) is 4.98 Å². The van der Waals surface area contributed by atoms with Gasteiger partial charge in [0.15, 0.2) is 0 Å². The van der Waals surface area contributed by atoms with Crippen molar-refractivity contribution in [1.82, 2.24) is 35.5 Å². The number of carbonyl (C=O) groups is 2. The van der Waals surface area contributed by atoms with Crippen molar-refractivity contribution in [1.29, 1.82) is 0 Å². The van der Waals surface area contributed by atoms with Gasteiger partial charge < -0.3 is 15.6 Å². The van der Waals surface area contributed by atoms with E-state index in [0.717, 1.165) is 5.56 Å². The van der Waals surface area contributed by atoms with Crippen LogP contribution in [0, 0.1) is 5.92 Å². The van der Waals surface area contributed by atoms with Gasteiger partial charge in [0.25, 0.3) is 0 Å². The molecule has 1 aliphatic rings. The Bertz CT molecular complexity index is 1510. The van der Waals surface area contributed by atoms with Gasteiger partial charge in [-0.05, 0) is 53.1 Å². The molecule has 10 nitrogen and oxygen atoms in total. The molecule has 2 atom stereocenters. The number of halogens is 1. The van der Waals surface area contributed by atoms with Crippen LogP contribution in [-0.2, 0) is 9.59 Å². The van der Waals surface area contributed by atoms with Crippen molar-refractivity contribution in [3.05, 3.63) is 89.6 Å². The average Bonchev–Trinajstić information content (AvgIpc) is 3.60. The number of imidazole rings is 1. The van der Waals surface area contributed by atoms with Crippen LogP contribution in [-0.4, -0.2) is 42.0 Å². The third kappa shape index (κ3) is 5.87. The van der Waals surface area contributed by atoms with Crippen LogP contribution in [0.25, 0.3) is 23.0 Å². The molecule has 11 heteroatoms. The summed E-state index contributed by atoms with van der Waals surface area (Å²) in [6, 6.07) is 12.3. The van der Waals surface area contributed by atoms with E-state index >= 15 is 0 Å². The van der Waals surface area contributed by atoms with Crippen molar-refractivity contribution in [2.75, 3.05) is 5.32 Å². The molecule has 1 aliphatic heterocycles. The molecule has 2 amide bonds. The van der Waals surface area contributed by atoms with Crippen molar-refractivity contribution >= 4 is 35.2 Å². The molecule has 5 rings (SSSR count). The Balaban J connectivity index is 1.41. The van der Waals surface area contributed by atoms with Crippen LogP contribution in [0.15, 0.2) is 73.2 Å². The monoisotopic (exact) mass is 528 g/mol. The molecule has 0 aliphatic carbocycles. The fraction of sp³-hybridized carbons (Fsp3) is 0.185. The minimum absolute atomic E-state index is 0.0259. The lowest BCUT2D eigenvalue weighted by Gasteiger charge is -2.14. The molecular weight excluding hydrogens is 504 g/mol. The lowest BCUT2D eigenvalue weighted by Crippen LogP contribution is -2.27. The number of amides is 2. The average molecular weight is 529 g/mol. The molecular formula is C27H25ClN8O2. The first kappa shape index (κ1) is 25.1. The fourth-order valence-electron chi connectivity index (χ4n) is 4.24. The Morgan fingerprint density at radius 3 is 2.95 bits per heavy atom. The van der Waals surface area contributed by atoms with Gasteiger partial charge in [-0.2, -0.15) is 4.68 Å². The van der Waals surface area contributed by atoms with E-state index in [1.54, 1.807) is 30.5 Å². The Hall–Kier alpha value is -4.57. The number of para-hydroxylation sites is 1. The summed E-state index contributed by atoms with van der Waals surface area (Å²) in [6.07, 6.45) is 11.1. The van der Waals surface area contributed by atoms with E-state index < -0.39 is 6.04 Å². The predicted molar refractivity (Wildman–Crippen MR) is 144 cm³/mol. The lowest BCUT2D eigenvalue weighted by atomic mass is 10.0. The number of fused-ring (bicyclic) bond motifs is 4. The maximum atomic E-state index is 13.0. The SMILES string of the molecule is CC1/C=C/CC(NC(=O)/C=C/c2cc(Cl)ccc2-n2cnnn2)c2nc(c[nH]2)-c2ccccc2NC(=O)C1. The summed E-state index contributed by atoms with van der Waals surface area (Å²) in [6.45, 7) is 1.98. The molecule has 2 aromatic carbocycles. The van der Waals surface area contributed by atoms with Crippen LogP contribution in [0.5, 0.6) is 0 Å². The summed E-state index contributed by atoms with van der Waals surface area (Å²) in [5.74, 6) is 0.259. The summed E-state index contributed by atoms with van der Waals surface area (Å²) in [7, 11) is 0. The topological polar surface area (TPSA) is 130 Å². The molecule has 2 aromatic heterocycles. The second-order valence-electron chi connectivity index (χ2n) is 8.96. The van der Waals surface area contributed by atoms with Gasteiger partial charge in [0.1, 0.15) is 12.2 Å². The number of carbonyl (C=O) groups excluding carboxylic acids is 2. The van der Waals surface area contributed by atoms with E-state index in [1.165, 1.54) is 17.1 Å².